The van der Waals surface area contributed by atoms with Crippen molar-refractivity contribution in [1.82, 2.24) is 14.9 Å². The van der Waals surface area contributed by atoms with Gasteiger partial charge in [0.05, 0.1) is 0 Å². The lowest BCUT2D eigenvalue weighted by molar-refractivity contribution is -0.132. The lowest BCUT2D eigenvalue weighted by Gasteiger charge is -2.32. The molecule has 4 nitrogen and oxygen atoms in total. The van der Waals surface area contributed by atoms with E-state index in [1.54, 1.807) is 0 Å². The standard InChI is InChI=1S/C24H27N3O/c28-24(9-8-21-4-1-5-22-18-26-14-10-23(21)22)27-15-11-19(12-16-27)6-7-20-3-2-13-25-17-20/h1-5,10,13-14,17-19H,6-9,11-12,15-16H2. The van der Waals surface area contributed by atoms with Gasteiger partial charge in [0, 0.05) is 49.7 Å². The fraction of sp³-hybridized carbons (Fsp3) is 0.375. The Labute approximate surface area is 166 Å². The van der Waals surface area contributed by atoms with Crippen LogP contribution in [0, 0.1) is 5.92 Å². The van der Waals surface area contributed by atoms with Gasteiger partial charge in [-0.3, -0.25) is 14.8 Å². The van der Waals surface area contributed by atoms with E-state index in [4.69, 9.17) is 0 Å². The van der Waals surface area contributed by atoms with Gasteiger partial charge in [0.15, 0.2) is 0 Å². The fourth-order valence-corrected chi connectivity index (χ4v) is 4.20. The second-order valence-corrected chi connectivity index (χ2v) is 7.74. The van der Waals surface area contributed by atoms with Crippen molar-refractivity contribution < 1.29 is 4.79 Å². The Bertz CT molecular complexity index is 912. The Morgan fingerprint density at radius 1 is 0.964 bits per heavy atom. The lowest BCUT2D eigenvalue weighted by Crippen LogP contribution is -2.38. The number of hydrogen-bond acceptors (Lipinski definition) is 3. The molecular formula is C24H27N3O. The predicted molar refractivity (Wildman–Crippen MR) is 112 cm³/mol. The summed E-state index contributed by atoms with van der Waals surface area (Å²) in [6.07, 6.45) is 13.4. The Morgan fingerprint density at radius 3 is 2.64 bits per heavy atom. The molecule has 1 saturated heterocycles. The Balaban J connectivity index is 1.25. The molecule has 0 aliphatic carbocycles. The zero-order chi connectivity index (χ0) is 19.2. The third kappa shape index (κ3) is 4.56. The van der Waals surface area contributed by atoms with Gasteiger partial charge >= 0.3 is 0 Å². The fourth-order valence-electron chi connectivity index (χ4n) is 4.20. The van der Waals surface area contributed by atoms with E-state index in [0.29, 0.717) is 6.42 Å². The number of rotatable bonds is 6. The molecule has 144 valence electrons. The first-order valence-electron chi connectivity index (χ1n) is 10.3. The number of benzene rings is 1. The molecule has 1 fully saturated rings. The van der Waals surface area contributed by atoms with E-state index in [1.165, 1.54) is 22.9 Å². The molecule has 0 spiro atoms. The lowest BCUT2D eigenvalue weighted by atomic mass is 9.90. The van der Waals surface area contributed by atoms with Gasteiger partial charge in [-0.05, 0) is 66.7 Å². The summed E-state index contributed by atoms with van der Waals surface area (Å²) in [6, 6.07) is 12.4. The van der Waals surface area contributed by atoms with Gasteiger partial charge in [-0.1, -0.05) is 24.3 Å². The van der Waals surface area contributed by atoms with Gasteiger partial charge in [-0.15, -0.1) is 0 Å². The maximum absolute atomic E-state index is 12.7. The minimum Gasteiger partial charge on any atom is -0.343 e. The van der Waals surface area contributed by atoms with E-state index in [1.807, 2.05) is 36.9 Å². The van der Waals surface area contributed by atoms with E-state index in [0.717, 1.165) is 50.1 Å². The van der Waals surface area contributed by atoms with Crippen molar-refractivity contribution >= 4 is 16.7 Å². The van der Waals surface area contributed by atoms with E-state index >= 15 is 0 Å². The molecule has 4 heteroatoms. The molecule has 0 atom stereocenters. The summed E-state index contributed by atoms with van der Waals surface area (Å²) >= 11 is 0. The van der Waals surface area contributed by atoms with Crippen LogP contribution in [0.1, 0.15) is 36.8 Å². The van der Waals surface area contributed by atoms with Crippen molar-refractivity contribution in [3.63, 3.8) is 0 Å². The quantitative estimate of drug-likeness (QED) is 0.642. The number of amides is 1. The van der Waals surface area contributed by atoms with Gasteiger partial charge < -0.3 is 4.90 Å². The SMILES string of the molecule is O=C(CCc1cccc2cnccc12)N1CCC(CCc2cccnc2)CC1. The van der Waals surface area contributed by atoms with Crippen LogP contribution in [0.3, 0.4) is 0 Å². The highest BCUT2D eigenvalue weighted by Crippen LogP contribution is 2.24. The number of pyridine rings is 2. The third-order valence-electron chi connectivity index (χ3n) is 5.91. The smallest absolute Gasteiger partial charge is 0.222 e. The van der Waals surface area contributed by atoms with Crippen LogP contribution in [0.2, 0.25) is 0 Å². The molecule has 28 heavy (non-hydrogen) atoms. The highest BCUT2D eigenvalue weighted by Gasteiger charge is 2.22. The average Bonchev–Trinajstić information content (AvgIpc) is 2.77. The van der Waals surface area contributed by atoms with Crippen LogP contribution in [0.5, 0.6) is 0 Å². The zero-order valence-electron chi connectivity index (χ0n) is 16.3. The van der Waals surface area contributed by atoms with Crippen molar-refractivity contribution in [3.8, 4) is 0 Å². The molecule has 1 aliphatic rings. The Morgan fingerprint density at radius 2 is 1.82 bits per heavy atom. The van der Waals surface area contributed by atoms with Crippen LogP contribution in [-0.4, -0.2) is 33.9 Å². The first-order valence-corrected chi connectivity index (χ1v) is 10.3. The Hall–Kier alpha value is -2.75. The monoisotopic (exact) mass is 373 g/mol. The molecule has 1 aliphatic heterocycles. The molecule has 0 N–H and O–H groups in total. The molecule has 1 amide bonds. The second-order valence-electron chi connectivity index (χ2n) is 7.74. The summed E-state index contributed by atoms with van der Waals surface area (Å²) in [5.74, 6) is 1.01. The van der Waals surface area contributed by atoms with Gasteiger partial charge in [0.1, 0.15) is 0 Å². The molecule has 3 heterocycles. The number of carbonyl (C=O) groups is 1. The summed E-state index contributed by atoms with van der Waals surface area (Å²) in [5.41, 5.74) is 2.55. The number of aryl methyl sites for hydroxylation is 2. The maximum atomic E-state index is 12.7. The largest absolute Gasteiger partial charge is 0.343 e. The number of likely N-dealkylation sites (tertiary alicyclic amines) is 1. The van der Waals surface area contributed by atoms with E-state index < -0.39 is 0 Å². The summed E-state index contributed by atoms with van der Waals surface area (Å²) in [5, 5.41) is 2.35. The second kappa shape index (κ2) is 8.96. The van der Waals surface area contributed by atoms with Crippen molar-refractivity contribution in [2.45, 2.75) is 38.5 Å². The van der Waals surface area contributed by atoms with Crippen LogP contribution < -0.4 is 0 Å². The summed E-state index contributed by atoms with van der Waals surface area (Å²) in [6.45, 7) is 1.80. The third-order valence-corrected chi connectivity index (χ3v) is 5.91. The maximum Gasteiger partial charge on any atom is 0.222 e. The zero-order valence-corrected chi connectivity index (χ0v) is 16.3. The van der Waals surface area contributed by atoms with Crippen LogP contribution >= 0.6 is 0 Å². The van der Waals surface area contributed by atoms with Gasteiger partial charge in [-0.25, -0.2) is 0 Å². The van der Waals surface area contributed by atoms with Crippen LogP contribution in [-0.2, 0) is 17.6 Å². The molecule has 2 aromatic heterocycles. The number of nitrogens with zero attached hydrogens (tertiary/aromatic N) is 3. The number of aromatic nitrogens is 2. The van der Waals surface area contributed by atoms with Gasteiger partial charge in [-0.2, -0.15) is 0 Å². The van der Waals surface area contributed by atoms with Gasteiger partial charge in [0.25, 0.3) is 0 Å². The highest BCUT2D eigenvalue weighted by molar-refractivity contribution is 5.85. The molecular weight excluding hydrogens is 346 g/mol. The molecule has 0 saturated carbocycles. The number of carbonyl (C=O) groups excluding carboxylic acids is 1. The van der Waals surface area contributed by atoms with Crippen molar-refractivity contribution in [2.24, 2.45) is 5.92 Å². The van der Waals surface area contributed by atoms with Crippen LogP contribution in [0.15, 0.2) is 61.2 Å². The molecule has 1 aromatic carbocycles. The summed E-state index contributed by atoms with van der Waals surface area (Å²) in [7, 11) is 0. The minimum atomic E-state index is 0.289. The highest BCUT2D eigenvalue weighted by atomic mass is 16.2. The average molecular weight is 374 g/mol. The van der Waals surface area contributed by atoms with E-state index in [9.17, 15) is 4.79 Å². The first-order chi connectivity index (χ1) is 13.8. The van der Waals surface area contributed by atoms with E-state index in [-0.39, 0.29) is 5.91 Å². The Kier molecular flexibility index (Phi) is 5.95. The predicted octanol–water partition coefficient (Wildman–Crippen LogP) is 4.43. The molecule has 0 unspecified atom stereocenters. The molecule has 4 rings (SSSR count). The molecule has 3 aromatic rings. The molecule has 0 bridgehead atoms. The minimum absolute atomic E-state index is 0.289. The number of hydrogen-bond donors (Lipinski definition) is 0. The van der Waals surface area contributed by atoms with E-state index in [2.05, 4.69) is 39.1 Å². The number of fused-ring (bicyclic) bond motifs is 1. The van der Waals surface area contributed by atoms with Crippen LogP contribution in [0.4, 0.5) is 0 Å². The van der Waals surface area contributed by atoms with Crippen molar-refractivity contribution in [2.75, 3.05) is 13.1 Å². The van der Waals surface area contributed by atoms with Gasteiger partial charge in [0.2, 0.25) is 5.91 Å². The van der Waals surface area contributed by atoms with Crippen molar-refractivity contribution in [3.05, 3.63) is 72.3 Å². The topological polar surface area (TPSA) is 46.1 Å². The first kappa shape index (κ1) is 18.6. The summed E-state index contributed by atoms with van der Waals surface area (Å²) < 4.78 is 0. The molecule has 0 radical (unpaired) electrons. The number of piperidine rings is 1. The van der Waals surface area contributed by atoms with Crippen molar-refractivity contribution in [1.29, 1.82) is 0 Å². The summed E-state index contributed by atoms with van der Waals surface area (Å²) in [4.78, 5) is 23.1. The normalized spacial score (nSPS) is 15.1. The van der Waals surface area contributed by atoms with Crippen LogP contribution in [0.25, 0.3) is 10.8 Å².